The quantitative estimate of drug-likeness (QED) is 0.772. The number of hydrogen-bond acceptors (Lipinski definition) is 7. The molecular weight excluding hydrogens is 372 g/mol. The summed E-state index contributed by atoms with van der Waals surface area (Å²) in [5.74, 6) is 0.619. The second kappa shape index (κ2) is 6.56. The highest BCUT2D eigenvalue weighted by Gasteiger charge is 2.71. The second-order valence-corrected chi connectivity index (χ2v) is 10.2. The lowest BCUT2D eigenvalue weighted by atomic mass is 10.1. The first-order chi connectivity index (χ1) is 12.5. The van der Waals surface area contributed by atoms with Gasteiger partial charge in [0.25, 0.3) is 0 Å². The van der Waals surface area contributed by atoms with E-state index in [4.69, 9.17) is 19.9 Å². The number of fused-ring (bicyclic) bond motifs is 1. The fourth-order valence-corrected chi connectivity index (χ4v) is 5.67. The number of carbonyl (C=O) groups is 1. The highest BCUT2D eigenvalue weighted by atomic mass is 32.2. The van der Waals surface area contributed by atoms with E-state index in [0.717, 1.165) is 5.56 Å². The molecule has 1 fully saturated rings. The summed E-state index contributed by atoms with van der Waals surface area (Å²) in [6.07, 6.45) is -0.688. The Balaban J connectivity index is 1.95. The lowest BCUT2D eigenvalue weighted by Crippen LogP contribution is -2.49. The Bertz CT molecular complexity index is 848. The fourth-order valence-electron chi connectivity index (χ4n) is 3.63. The van der Waals surface area contributed by atoms with Crippen LogP contribution in [0.5, 0.6) is 11.5 Å². The van der Waals surface area contributed by atoms with Gasteiger partial charge in [0, 0.05) is 18.2 Å². The van der Waals surface area contributed by atoms with Crippen LogP contribution in [0.2, 0.25) is 0 Å². The van der Waals surface area contributed by atoms with Crippen molar-refractivity contribution in [2.45, 2.75) is 50.0 Å². The van der Waals surface area contributed by atoms with Gasteiger partial charge < -0.3 is 25.3 Å². The van der Waals surface area contributed by atoms with Gasteiger partial charge in [-0.2, -0.15) is 0 Å². The van der Waals surface area contributed by atoms with Gasteiger partial charge in [0.1, 0.15) is 5.60 Å². The largest absolute Gasteiger partial charge is 0.454 e. The molecule has 1 aliphatic heterocycles. The van der Waals surface area contributed by atoms with E-state index in [1.54, 1.807) is 45.9 Å². The molecule has 0 unspecified atom stereocenters. The maximum atomic E-state index is 12.7. The lowest BCUT2D eigenvalue weighted by molar-refractivity contribution is 0.0497. The van der Waals surface area contributed by atoms with Gasteiger partial charge >= 0.3 is 6.09 Å². The van der Waals surface area contributed by atoms with Crippen molar-refractivity contribution in [1.82, 2.24) is 5.32 Å². The monoisotopic (exact) mass is 398 g/mol. The van der Waals surface area contributed by atoms with Crippen molar-refractivity contribution in [3.8, 4) is 11.5 Å². The number of alkyl carbamates (subject to hydrolysis) is 1. The topological polar surface area (TPSA) is 117 Å². The zero-order valence-electron chi connectivity index (χ0n) is 15.9. The number of sulfone groups is 1. The van der Waals surface area contributed by atoms with E-state index in [0.29, 0.717) is 11.5 Å². The minimum absolute atomic E-state index is 0.0325. The average Bonchev–Trinajstić information content (AvgIpc) is 3.00. The van der Waals surface area contributed by atoms with Gasteiger partial charge in [-0.3, -0.25) is 0 Å². The van der Waals surface area contributed by atoms with Crippen LogP contribution in [0, 0.1) is 0 Å². The van der Waals surface area contributed by atoms with Crippen molar-refractivity contribution in [3.63, 3.8) is 0 Å². The summed E-state index contributed by atoms with van der Waals surface area (Å²) in [5, 5.41) is 1.92. The third-order valence-electron chi connectivity index (χ3n) is 4.87. The molecule has 150 valence electrons. The zero-order chi connectivity index (χ0) is 20.0. The van der Waals surface area contributed by atoms with Gasteiger partial charge in [-0.15, -0.1) is 0 Å². The van der Waals surface area contributed by atoms with Crippen LogP contribution in [0.1, 0.15) is 39.2 Å². The van der Waals surface area contributed by atoms with E-state index < -0.39 is 38.2 Å². The van der Waals surface area contributed by atoms with Crippen LogP contribution in [0.3, 0.4) is 0 Å². The second-order valence-electron chi connectivity index (χ2n) is 7.83. The number of ether oxygens (including phenoxy) is 3. The molecule has 0 bridgehead atoms. The van der Waals surface area contributed by atoms with Crippen LogP contribution in [0.4, 0.5) is 4.79 Å². The molecule has 1 amide bonds. The number of nitrogens with two attached hydrogens (primary N) is 1. The van der Waals surface area contributed by atoms with Crippen molar-refractivity contribution in [1.29, 1.82) is 0 Å². The molecule has 3 rings (SSSR count). The predicted molar refractivity (Wildman–Crippen MR) is 99.7 cm³/mol. The summed E-state index contributed by atoms with van der Waals surface area (Å²) in [7, 11) is -3.47. The summed E-state index contributed by atoms with van der Waals surface area (Å²) in [4.78, 5) is 12.4. The van der Waals surface area contributed by atoms with Gasteiger partial charge in [-0.1, -0.05) is 13.0 Å². The van der Waals surface area contributed by atoms with Crippen molar-refractivity contribution >= 4 is 15.9 Å². The van der Waals surface area contributed by atoms with Crippen LogP contribution in [-0.4, -0.2) is 50.0 Å². The molecule has 1 heterocycles. The molecule has 0 spiro atoms. The number of benzene rings is 1. The molecule has 1 aromatic carbocycles. The van der Waals surface area contributed by atoms with E-state index in [1.807, 2.05) is 0 Å². The van der Waals surface area contributed by atoms with Crippen molar-refractivity contribution < 1.29 is 27.4 Å². The van der Waals surface area contributed by atoms with E-state index in [9.17, 15) is 13.2 Å². The molecule has 0 aromatic heterocycles. The Labute approximate surface area is 159 Å². The molecule has 2 aliphatic rings. The molecule has 1 aromatic rings. The molecule has 8 nitrogen and oxygen atoms in total. The van der Waals surface area contributed by atoms with E-state index in [2.05, 4.69) is 5.32 Å². The Morgan fingerprint density at radius 1 is 1.33 bits per heavy atom. The van der Waals surface area contributed by atoms with Gasteiger partial charge in [0.15, 0.2) is 21.3 Å². The van der Waals surface area contributed by atoms with Crippen molar-refractivity contribution in [3.05, 3.63) is 23.8 Å². The van der Waals surface area contributed by atoms with Gasteiger partial charge in [-0.05, 0) is 38.5 Å². The summed E-state index contributed by atoms with van der Waals surface area (Å²) in [6.45, 7) is 6.89. The summed E-state index contributed by atoms with van der Waals surface area (Å²) in [6, 6.07) is 5.27. The van der Waals surface area contributed by atoms with E-state index in [-0.39, 0.29) is 19.1 Å². The van der Waals surface area contributed by atoms with Crippen LogP contribution >= 0.6 is 0 Å². The number of rotatable bonds is 5. The third kappa shape index (κ3) is 3.58. The van der Waals surface area contributed by atoms with E-state index >= 15 is 0 Å². The van der Waals surface area contributed by atoms with Crippen LogP contribution in [-0.2, 0) is 14.6 Å². The van der Waals surface area contributed by atoms with Gasteiger partial charge in [0.2, 0.25) is 6.79 Å². The average molecular weight is 398 g/mol. The molecule has 0 radical (unpaired) electrons. The van der Waals surface area contributed by atoms with Crippen LogP contribution in [0.25, 0.3) is 0 Å². The number of amides is 1. The highest BCUT2D eigenvalue weighted by molar-refractivity contribution is 7.92. The number of nitrogens with one attached hydrogen (secondary N) is 1. The Morgan fingerprint density at radius 3 is 2.59 bits per heavy atom. The summed E-state index contributed by atoms with van der Waals surface area (Å²) >= 11 is 0. The molecule has 3 N–H and O–H groups in total. The minimum Gasteiger partial charge on any atom is -0.454 e. The first kappa shape index (κ1) is 19.8. The third-order valence-corrected chi connectivity index (χ3v) is 7.14. The first-order valence-electron chi connectivity index (χ1n) is 8.86. The zero-order valence-corrected chi connectivity index (χ0v) is 16.8. The summed E-state index contributed by atoms with van der Waals surface area (Å²) < 4.78 is 41.5. The molecular formula is C18H26N2O6S. The van der Waals surface area contributed by atoms with Crippen LogP contribution in [0.15, 0.2) is 18.2 Å². The number of carbonyl (C=O) groups excluding carboxylic acids is 1. The van der Waals surface area contributed by atoms with Crippen molar-refractivity contribution in [2.75, 3.05) is 19.1 Å². The van der Waals surface area contributed by atoms with Gasteiger partial charge in [-0.25, -0.2) is 13.2 Å². The number of hydrogen-bond donors (Lipinski definition) is 2. The SMILES string of the molecule is CCS(=O)(=O)[C@@H]1[C@@H](c2ccc3c(c2)OCO3)[C@]1(CN)NC(=O)OC(C)(C)C. The summed E-state index contributed by atoms with van der Waals surface area (Å²) in [5.41, 5.74) is 4.87. The normalized spacial score (nSPS) is 26.6. The first-order valence-corrected chi connectivity index (χ1v) is 10.6. The predicted octanol–water partition coefficient (Wildman–Crippen LogP) is 1.54. The standard InChI is InChI=1S/C18H26N2O6S/c1-5-27(22,23)15-14(11-6-7-12-13(8-11)25-10-24-12)18(15,9-19)20-16(21)26-17(2,3)4/h6-8,14-15H,5,9-10,19H2,1-4H3,(H,20,21)/t14-,15-,18+/m1/s1. The smallest absolute Gasteiger partial charge is 0.408 e. The molecule has 3 atom stereocenters. The lowest BCUT2D eigenvalue weighted by Gasteiger charge is -2.24. The molecule has 0 saturated heterocycles. The molecule has 1 saturated carbocycles. The van der Waals surface area contributed by atoms with Gasteiger partial charge in [0.05, 0.1) is 10.8 Å². The van der Waals surface area contributed by atoms with Crippen LogP contribution < -0.4 is 20.5 Å². The maximum Gasteiger partial charge on any atom is 0.408 e. The fraction of sp³-hybridized carbons (Fsp3) is 0.611. The van der Waals surface area contributed by atoms with Crippen molar-refractivity contribution in [2.24, 2.45) is 5.73 Å². The molecule has 9 heteroatoms. The Hall–Kier alpha value is -2.00. The minimum atomic E-state index is -3.47. The maximum absolute atomic E-state index is 12.7. The Morgan fingerprint density at radius 2 is 2.00 bits per heavy atom. The Kier molecular flexibility index (Phi) is 4.80. The molecule has 1 aliphatic carbocycles. The molecule has 27 heavy (non-hydrogen) atoms. The van der Waals surface area contributed by atoms with E-state index in [1.165, 1.54) is 0 Å². The highest BCUT2D eigenvalue weighted by Crippen LogP contribution is 2.56.